The van der Waals surface area contributed by atoms with Crippen molar-refractivity contribution in [1.82, 2.24) is 4.72 Å². The molecule has 1 amide bonds. The molecule has 0 saturated carbocycles. The van der Waals surface area contributed by atoms with Crippen LogP contribution in [0.5, 0.6) is 5.75 Å². The quantitative estimate of drug-likeness (QED) is 0.787. The predicted molar refractivity (Wildman–Crippen MR) is 63.6 cm³/mol. The molecule has 0 aliphatic heterocycles. The first-order valence-electron chi connectivity index (χ1n) is 5.04. The average molecular weight is 271 g/mol. The molecule has 7 heteroatoms. The lowest BCUT2D eigenvalue weighted by atomic mass is 10.3. The van der Waals surface area contributed by atoms with Gasteiger partial charge in [-0.15, -0.1) is 0 Å². The van der Waals surface area contributed by atoms with Gasteiger partial charge < -0.3 is 4.74 Å². The molecule has 6 nitrogen and oxygen atoms in total. The van der Waals surface area contributed by atoms with Crippen LogP contribution >= 0.6 is 0 Å². The fraction of sp³-hybridized carbons (Fsp3) is 0.273. The van der Waals surface area contributed by atoms with Gasteiger partial charge in [0.15, 0.2) is 0 Å². The zero-order valence-corrected chi connectivity index (χ0v) is 10.8. The van der Waals surface area contributed by atoms with Gasteiger partial charge >= 0.3 is 0 Å². The second-order valence-electron chi connectivity index (χ2n) is 3.58. The van der Waals surface area contributed by atoms with E-state index in [1.807, 2.05) is 4.72 Å². The smallest absolute Gasteiger partial charge is 0.264 e. The van der Waals surface area contributed by atoms with Gasteiger partial charge in [-0.1, -0.05) is 0 Å². The maximum Gasteiger partial charge on any atom is 0.264 e. The van der Waals surface area contributed by atoms with E-state index < -0.39 is 28.1 Å². The lowest BCUT2D eigenvalue weighted by Gasteiger charge is -2.06. The van der Waals surface area contributed by atoms with Gasteiger partial charge in [0.1, 0.15) is 11.5 Å². The second kappa shape index (κ2) is 5.63. The Morgan fingerprint density at radius 3 is 2.22 bits per heavy atom. The monoisotopic (exact) mass is 271 g/mol. The van der Waals surface area contributed by atoms with Crippen LogP contribution in [-0.2, 0) is 19.6 Å². The maximum absolute atomic E-state index is 11.7. The van der Waals surface area contributed by atoms with Crippen molar-refractivity contribution in [2.24, 2.45) is 0 Å². The van der Waals surface area contributed by atoms with Crippen molar-refractivity contribution in [1.29, 1.82) is 0 Å². The Morgan fingerprint density at radius 1 is 1.22 bits per heavy atom. The number of ketones is 1. The van der Waals surface area contributed by atoms with Gasteiger partial charge in [-0.2, -0.15) is 0 Å². The Morgan fingerprint density at radius 2 is 1.78 bits per heavy atom. The van der Waals surface area contributed by atoms with Gasteiger partial charge in [-0.05, 0) is 31.2 Å². The number of ether oxygens (including phenoxy) is 1. The topological polar surface area (TPSA) is 89.5 Å². The number of Topliss-reactive ketones (excluding diaryl/α,β-unsaturated/α-hetero) is 1. The summed E-state index contributed by atoms with van der Waals surface area (Å²) < 4.78 is 30.2. The maximum atomic E-state index is 11.7. The van der Waals surface area contributed by atoms with Crippen molar-refractivity contribution < 1.29 is 22.7 Å². The van der Waals surface area contributed by atoms with Crippen LogP contribution in [0.25, 0.3) is 0 Å². The fourth-order valence-electron chi connectivity index (χ4n) is 1.23. The minimum absolute atomic E-state index is 0.0693. The van der Waals surface area contributed by atoms with E-state index in [0.29, 0.717) is 5.75 Å². The lowest BCUT2D eigenvalue weighted by Crippen LogP contribution is -2.31. The molecule has 0 bridgehead atoms. The molecule has 1 N–H and O–H groups in total. The van der Waals surface area contributed by atoms with E-state index in [0.717, 1.165) is 0 Å². The van der Waals surface area contributed by atoms with E-state index >= 15 is 0 Å². The Balaban J connectivity index is 2.85. The summed E-state index contributed by atoms with van der Waals surface area (Å²) in [7, 11) is -2.48. The van der Waals surface area contributed by atoms with Gasteiger partial charge in [0.05, 0.1) is 18.4 Å². The van der Waals surface area contributed by atoms with Crippen LogP contribution in [0.3, 0.4) is 0 Å². The lowest BCUT2D eigenvalue weighted by molar-refractivity contribution is -0.126. The van der Waals surface area contributed by atoms with E-state index in [1.165, 1.54) is 38.3 Å². The molecule has 0 fully saturated rings. The summed E-state index contributed by atoms with van der Waals surface area (Å²) in [6, 6.07) is 5.54. The van der Waals surface area contributed by atoms with Crippen LogP contribution in [-0.4, -0.2) is 27.2 Å². The van der Waals surface area contributed by atoms with Gasteiger partial charge in [-0.3, -0.25) is 9.59 Å². The third-order valence-electron chi connectivity index (χ3n) is 2.03. The van der Waals surface area contributed by atoms with Gasteiger partial charge in [0.2, 0.25) is 5.91 Å². The summed E-state index contributed by atoms with van der Waals surface area (Å²) in [6.45, 7) is 1.21. The number of methoxy groups -OCH3 is 1. The number of amides is 1. The molecule has 1 aromatic rings. The SMILES string of the molecule is COc1ccc(S(=O)(=O)NC(=O)CC(C)=O)cc1. The minimum Gasteiger partial charge on any atom is -0.497 e. The summed E-state index contributed by atoms with van der Waals surface area (Å²) >= 11 is 0. The summed E-state index contributed by atoms with van der Waals surface area (Å²) in [5.74, 6) is -0.750. The van der Waals surface area contributed by atoms with Gasteiger partial charge in [0, 0.05) is 0 Å². The number of benzene rings is 1. The molecule has 0 aliphatic carbocycles. The van der Waals surface area contributed by atoms with Gasteiger partial charge in [0.25, 0.3) is 10.0 Å². The molecule has 0 aromatic heterocycles. The standard InChI is InChI=1S/C11H13NO5S/c1-8(13)7-11(14)12-18(15,16)10-5-3-9(17-2)4-6-10/h3-6H,7H2,1-2H3,(H,12,14). The van der Waals surface area contributed by atoms with Crippen LogP contribution in [0.2, 0.25) is 0 Å². The van der Waals surface area contributed by atoms with Crippen molar-refractivity contribution in [2.45, 2.75) is 18.2 Å². The second-order valence-corrected chi connectivity index (χ2v) is 5.27. The van der Waals surface area contributed by atoms with Crippen LogP contribution < -0.4 is 9.46 Å². The first-order valence-corrected chi connectivity index (χ1v) is 6.52. The Kier molecular flexibility index (Phi) is 4.43. The van der Waals surface area contributed by atoms with Crippen LogP contribution in [0.15, 0.2) is 29.2 Å². The Hall–Kier alpha value is -1.89. The molecule has 1 aromatic carbocycles. The number of hydrogen-bond acceptors (Lipinski definition) is 5. The summed E-state index contributed by atoms with van der Waals surface area (Å²) in [5, 5.41) is 0. The normalized spacial score (nSPS) is 10.8. The molecule has 0 radical (unpaired) electrons. The molecule has 0 heterocycles. The molecule has 1 rings (SSSR count). The van der Waals surface area contributed by atoms with Crippen LogP contribution in [0.4, 0.5) is 0 Å². The molecule has 98 valence electrons. The number of carbonyl (C=O) groups excluding carboxylic acids is 2. The summed E-state index contributed by atoms with van der Waals surface area (Å²) in [6.07, 6.45) is -0.463. The summed E-state index contributed by atoms with van der Waals surface area (Å²) in [4.78, 5) is 21.8. The molecule has 0 atom stereocenters. The zero-order chi connectivity index (χ0) is 13.8. The fourth-order valence-corrected chi connectivity index (χ4v) is 2.21. The number of sulfonamides is 1. The van der Waals surface area contributed by atoms with E-state index in [-0.39, 0.29) is 4.90 Å². The highest BCUT2D eigenvalue weighted by atomic mass is 32.2. The predicted octanol–water partition coefficient (Wildman–Crippen LogP) is 0.479. The number of rotatable bonds is 5. The third kappa shape index (κ3) is 3.85. The third-order valence-corrected chi connectivity index (χ3v) is 3.42. The molecular weight excluding hydrogens is 258 g/mol. The largest absolute Gasteiger partial charge is 0.497 e. The highest BCUT2D eigenvalue weighted by Crippen LogP contribution is 2.15. The van der Waals surface area contributed by atoms with Crippen molar-refractivity contribution in [3.8, 4) is 5.75 Å². The van der Waals surface area contributed by atoms with Crippen molar-refractivity contribution in [3.63, 3.8) is 0 Å². The van der Waals surface area contributed by atoms with E-state index in [4.69, 9.17) is 4.74 Å². The zero-order valence-electron chi connectivity index (χ0n) is 9.97. The molecule has 0 aliphatic rings. The molecule has 0 unspecified atom stereocenters. The first-order chi connectivity index (χ1) is 8.35. The van der Waals surface area contributed by atoms with Crippen molar-refractivity contribution in [2.75, 3.05) is 7.11 Å². The van der Waals surface area contributed by atoms with E-state index in [9.17, 15) is 18.0 Å². The highest BCUT2D eigenvalue weighted by molar-refractivity contribution is 7.90. The van der Waals surface area contributed by atoms with Crippen molar-refractivity contribution >= 4 is 21.7 Å². The molecule has 18 heavy (non-hydrogen) atoms. The Labute approximate surface area is 105 Å². The molecular formula is C11H13NO5S. The number of hydrogen-bond donors (Lipinski definition) is 1. The average Bonchev–Trinajstić information content (AvgIpc) is 2.27. The number of carbonyl (C=O) groups is 2. The van der Waals surface area contributed by atoms with Crippen LogP contribution in [0, 0.1) is 0 Å². The Bertz CT molecular complexity index is 547. The van der Waals surface area contributed by atoms with Crippen LogP contribution in [0.1, 0.15) is 13.3 Å². The number of nitrogens with one attached hydrogen (secondary N) is 1. The summed E-state index contributed by atoms with van der Waals surface area (Å²) in [5.41, 5.74) is 0. The molecule has 0 saturated heterocycles. The molecule has 0 spiro atoms. The van der Waals surface area contributed by atoms with E-state index in [2.05, 4.69) is 0 Å². The minimum atomic E-state index is -3.94. The highest BCUT2D eigenvalue weighted by Gasteiger charge is 2.18. The van der Waals surface area contributed by atoms with E-state index in [1.54, 1.807) is 0 Å². The van der Waals surface area contributed by atoms with Gasteiger partial charge in [-0.25, -0.2) is 13.1 Å². The van der Waals surface area contributed by atoms with Crippen molar-refractivity contribution in [3.05, 3.63) is 24.3 Å². The first kappa shape index (κ1) is 14.2.